The molecule has 0 unspecified atom stereocenters. The minimum Gasteiger partial charge on any atom is -0.457 e. The molecule has 1 amide bonds. The fraction of sp³-hybridized carbons (Fsp3) is 0.304. The van der Waals surface area contributed by atoms with Crippen LogP contribution < -0.4 is 4.74 Å². The molecule has 2 aromatic carbocycles. The summed E-state index contributed by atoms with van der Waals surface area (Å²) in [4.78, 5) is 14.9. The lowest BCUT2D eigenvalue weighted by molar-refractivity contribution is 0.0764. The molecule has 1 saturated heterocycles. The van der Waals surface area contributed by atoms with E-state index in [1.54, 1.807) is 43.0 Å². The lowest BCUT2D eigenvalue weighted by atomic mass is 10.2. The Hall–Kier alpha value is -3.17. The first-order valence-electron chi connectivity index (χ1n) is 10.4. The van der Waals surface area contributed by atoms with Gasteiger partial charge in [-0.1, -0.05) is 29.4 Å². The Kier molecular flexibility index (Phi) is 6.29. The molecule has 3 aromatic rings. The number of amides is 1. The SMILES string of the molecule is Cc1noc(C)c1S(=O)(=O)N1CCCN(C(=O)c2cccc(Oc3ccccc3)c2)CC1. The van der Waals surface area contributed by atoms with Gasteiger partial charge in [0.15, 0.2) is 5.76 Å². The number of carbonyl (C=O) groups excluding carboxylic acids is 1. The topological polar surface area (TPSA) is 93.0 Å². The number of hydrogen-bond acceptors (Lipinski definition) is 6. The summed E-state index contributed by atoms with van der Waals surface area (Å²) >= 11 is 0. The van der Waals surface area contributed by atoms with E-state index in [0.29, 0.717) is 48.8 Å². The third-order valence-electron chi connectivity index (χ3n) is 5.37. The second-order valence-electron chi connectivity index (χ2n) is 7.65. The van der Waals surface area contributed by atoms with Crippen molar-refractivity contribution < 1.29 is 22.5 Å². The summed E-state index contributed by atoms with van der Waals surface area (Å²) < 4.78 is 38.5. The second kappa shape index (κ2) is 9.13. The number of hydrogen-bond donors (Lipinski definition) is 0. The van der Waals surface area contributed by atoms with E-state index in [1.807, 2.05) is 30.3 Å². The average molecular weight is 456 g/mol. The van der Waals surface area contributed by atoms with Crippen molar-refractivity contribution in [3.05, 3.63) is 71.6 Å². The van der Waals surface area contributed by atoms with E-state index in [4.69, 9.17) is 9.26 Å². The van der Waals surface area contributed by atoms with E-state index < -0.39 is 10.0 Å². The van der Waals surface area contributed by atoms with Crippen LogP contribution in [0, 0.1) is 13.8 Å². The highest BCUT2D eigenvalue weighted by atomic mass is 32.2. The second-order valence-corrected chi connectivity index (χ2v) is 9.52. The summed E-state index contributed by atoms with van der Waals surface area (Å²) in [6.07, 6.45) is 0.536. The molecule has 168 valence electrons. The van der Waals surface area contributed by atoms with Gasteiger partial charge in [-0.2, -0.15) is 4.31 Å². The largest absolute Gasteiger partial charge is 0.457 e. The molecule has 0 radical (unpaired) electrons. The first-order chi connectivity index (χ1) is 15.4. The van der Waals surface area contributed by atoms with Crippen LogP contribution in [0.5, 0.6) is 11.5 Å². The van der Waals surface area contributed by atoms with E-state index in [2.05, 4.69) is 5.16 Å². The standard InChI is InChI=1S/C23H25N3O5S/c1-17-22(18(2)31-24-17)32(28,29)26-13-7-12-25(14-15-26)23(27)19-8-6-11-21(16-19)30-20-9-4-3-5-10-20/h3-6,8-11,16H,7,12-15H2,1-2H3. The minimum atomic E-state index is -3.74. The Morgan fingerprint density at radius 2 is 1.72 bits per heavy atom. The van der Waals surface area contributed by atoms with Gasteiger partial charge in [0, 0.05) is 31.7 Å². The van der Waals surface area contributed by atoms with Gasteiger partial charge >= 0.3 is 0 Å². The summed E-state index contributed by atoms with van der Waals surface area (Å²) in [5.41, 5.74) is 0.843. The smallest absolute Gasteiger partial charge is 0.254 e. The quantitative estimate of drug-likeness (QED) is 0.583. The van der Waals surface area contributed by atoms with Gasteiger partial charge in [0.1, 0.15) is 22.1 Å². The molecule has 0 saturated carbocycles. The summed E-state index contributed by atoms with van der Waals surface area (Å²) in [6.45, 7) is 4.50. The molecular formula is C23H25N3O5S. The van der Waals surface area contributed by atoms with Gasteiger partial charge < -0.3 is 14.2 Å². The zero-order chi connectivity index (χ0) is 22.7. The van der Waals surface area contributed by atoms with Crippen LogP contribution in [-0.4, -0.2) is 54.9 Å². The number of benzene rings is 2. The maximum absolute atomic E-state index is 13.1. The van der Waals surface area contributed by atoms with Crippen LogP contribution in [0.3, 0.4) is 0 Å². The third kappa shape index (κ3) is 4.53. The molecule has 1 fully saturated rings. The maximum Gasteiger partial charge on any atom is 0.254 e. The highest BCUT2D eigenvalue weighted by Crippen LogP contribution is 2.25. The van der Waals surface area contributed by atoms with Gasteiger partial charge in [-0.15, -0.1) is 0 Å². The van der Waals surface area contributed by atoms with E-state index in [0.717, 1.165) is 0 Å². The zero-order valence-corrected chi connectivity index (χ0v) is 18.8. The Morgan fingerprint density at radius 1 is 0.969 bits per heavy atom. The van der Waals surface area contributed by atoms with E-state index in [9.17, 15) is 13.2 Å². The van der Waals surface area contributed by atoms with E-state index >= 15 is 0 Å². The number of sulfonamides is 1. The van der Waals surface area contributed by atoms with Gasteiger partial charge in [0.25, 0.3) is 5.91 Å². The first-order valence-corrected chi connectivity index (χ1v) is 11.9. The third-order valence-corrected chi connectivity index (χ3v) is 7.51. The molecule has 8 nitrogen and oxygen atoms in total. The molecule has 32 heavy (non-hydrogen) atoms. The van der Waals surface area contributed by atoms with Crippen LogP contribution in [0.25, 0.3) is 0 Å². The molecule has 4 rings (SSSR count). The summed E-state index contributed by atoms with van der Waals surface area (Å²) in [5, 5.41) is 3.76. The summed E-state index contributed by atoms with van der Waals surface area (Å²) in [6, 6.07) is 16.4. The lowest BCUT2D eigenvalue weighted by Gasteiger charge is -2.22. The van der Waals surface area contributed by atoms with Gasteiger partial charge in [-0.05, 0) is 50.6 Å². The Labute approximate surface area is 187 Å². The van der Waals surface area contributed by atoms with Crippen LogP contribution in [-0.2, 0) is 10.0 Å². The predicted molar refractivity (Wildman–Crippen MR) is 118 cm³/mol. The zero-order valence-electron chi connectivity index (χ0n) is 18.0. The van der Waals surface area contributed by atoms with E-state index in [-0.39, 0.29) is 23.1 Å². The summed E-state index contributed by atoms with van der Waals surface area (Å²) in [5.74, 6) is 1.38. The van der Waals surface area contributed by atoms with E-state index in [1.165, 1.54) is 4.31 Å². The number of rotatable bonds is 5. The average Bonchev–Trinajstić information content (AvgIpc) is 2.98. The molecule has 0 atom stereocenters. The molecule has 1 aromatic heterocycles. The Bertz CT molecular complexity index is 1190. The van der Waals surface area contributed by atoms with Crippen LogP contribution in [0.4, 0.5) is 0 Å². The number of carbonyl (C=O) groups is 1. The fourth-order valence-electron chi connectivity index (χ4n) is 3.81. The highest BCUT2D eigenvalue weighted by molar-refractivity contribution is 7.89. The number of nitrogens with zero attached hydrogens (tertiary/aromatic N) is 3. The van der Waals surface area contributed by atoms with Gasteiger partial charge in [0.2, 0.25) is 10.0 Å². The van der Waals surface area contributed by atoms with Gasteiger partial charge in [0.05, 0.1) is 0 Å². The monoisotopic (exact) mass is 455 g/mol. The molecule has 0 N–H and O–H groups in total. The number of aromatic nitrogens is 1. The van der Waals surface area contributed by atoms with Crippen LogP contribution in [0.1, 0.15) is 28.2 Å². The van der Waals surface area contributed by atoms with Crippen LogP contribution in [0.15, 0.2) is 64.0 Å². The normalized spacial score (nSPS) is 15.4. The van der Waals surface area contributed by atoms with Crippen molar-refractivity contribution in [2.45, 2.75) is 25.2 Å². The van der Waals surface area contributed by atoms with Crippen molar-refractivity contribution in [3.8, 4) is 11.5 Å². The van der Waals surface area contributed by atoms with Crippen molar-refractivity contribution in [3.63, 3.8) is 0 Å². The molecule has 0 spiro atoms. The number of para-hydroxylation sites is 1. The van der Waals surface area contributed by atoms with Crippen molar-refractivity contribution >= 4 is 15.9 Å². The maximum atomic E-state index is 13.1. The molecule has 0 bridgehead atoms. The molecule has 2 heterocycles. The molecule has 1 aliphatic rings. The highest BCUT2D eigenvalue weighted by Gasteiger charge is 2.33. The fourth-order valence-corrected chi connectivity index (χ4v) is 5.57. The lowest BCUT2D eigenvalue weighted by Crippen LogP contribution is -2.37. The molecule has 9 heteroatoms. The summed E-state index contributed by atoms with van der Waals surface area (Å²) in [7, 11) is -3.74. The Balaban J connectivity index is 1.47. The van der Waals surface area contributed by atoms with Gasteiger partial charge in [-0.25, -0.2) is 8.42 Å². The molecule has 1 aliphatic heterocycles. The van der Waals surface area contributed by atoms with Gasteiger partial charge in [-0.3, -0.25) is 4.79 Å². The first kappa shape index (κ1) is 22.0. The minimum absolute atomic E-state index is 0.114. The van der Waals surface area contributed by atoms with Crippen molar-refractivity contribution in [1.29, 1.82) is 0 Å². The number of ether oxygens (including phenoxy) is 1. The van der Waals surface area contributed by atoms with Crippen molar-refractivity contribution in [2.75, 3.05) is 26.2 Å². The number of aryl methyl sites for hydroxylation is 2. The molecule has 0 aliphatic carbocycles. The van der Waals surface area contributed by atoms with Crippen LogP contribution >= 0.6 is 0 Å². The molecular weight excluding hydrogens is 430 g/mol. The van der Waals surface area contributed by atoms with Crippen molar-refractivity contribution in [1.82, 2.24) is 14.4 Å². The van der Waals surface area contributed by atoms with Crippen LogP contribution in [0.2, 0.25) is 0 Å². The van der Waals surface area contributed by atoms with Crippen molar-refractivity contribution in [2.24, 2.45) is 0 Å². The Morgan fingerprint density at radius 3 is 2.44 bits per heavy atom. The predicted octanol–water partition coefficient (Wildman–Crippen LogP) is 3.62.